The number of carboxylic acid groups (broad SMARTS) is 1. The summed E-state index contributed by atoms with van der Waals surface area (Å²) >= 11 is 0. The van der Waals surface area contributed by atoms with Gasteiger partial charge in [0.2, 0.25) is 0 Å². The zero-order valence-electron chi connectivity index (χ0n) is 11.9. The molecule has 0 radical (unpaired) electrons. The van der Waals surface area contributed by atoms with Gasteiger partial charge in [0.1, 0.15) is 5.82 Å². The first-order valence-corrected chi connectivity index (χ1v) is 6.85. The van der Waals surface area contributed by atoms with Crippen molar-refractivity contribution in [3.8, 4) is 0 Å². The minimum absolute atomic E-state index is 0.0125. The molecule has 0 spiro atoms. The second kappa shape index (κ2) is 5.79. The van der Waals surface area contributed by atoms with Crippen LogP contribution in [0.5, 0.6) is 0 Å². The van der Waals surface area contributed by atoms with Gasteiger partial charge in [-0.25, -0.2) is 9.18 Å². The van der Waals surface area contributed by atoms with Crippen molar-refractivity contribution >= 4 is 11.7 Å². The van der Waals surface area contributed by atoms with Crippen LogP contribution in [0, 0.1) is 11.2 Å². The van der Waals surface area contributed by atoms with Gasteiger partial charge in [0.05, 0.1) is 5.56 Å². The lowest BCUT2D eigenvalue weighted by Crippen LogP contribution is -2.40. The fourth-order valence-corrected chi connectivity index (χ4v) is 2.49. The fraction of sp³-hybridized carbons (Fsp3) is 0.533. The predicted molar refractivity (Wildman–Crippen MR) is 76.7 cm³/mol. The Morgan fingerprint density at radius 2 is 2.10 bits per heavy atom. The standard InChI is InChI=1S/C15H21FN2O2/c1-15(5-7-18(2)8-6-15)10-17-13-4-3-11(16)9-12(13)14(19)20/h3-4,9,17H,5-8,10H2,1-2H3,(H,19,20). The highest BCUT2D eigenvalue weighted by atomic mass is 19.1. The maximum Gasteiger partial charge on any atom is 0.337 e. The second-order valence-electron chi connectivity index (χ2n) is 5.96. The van der Waals surface area contributed by atoms with Crippen molar-refractivity contribution in [2.24, 2.45) is 5.41 Å². The summed E-state index contributed by atoms with van der Waals surface area (Å²) in [5, 5.41) is 12.3. The van der Waals surface area contributed by atoms with E-state index in [9.17, 15) is 9.18 Å². The van der Waals surface area contributed by atoms with Crippen LogP contribution in [0.15, 0.2) is 18.2 Å². The van der Waals surface area contributed by atoms with Gasteiger partial charge in [-0.15, -0.1) is 0 Å². The number of hydrogen-bond donors (Lipinski definition) is 2. The molecule has 1 aliphatic heterocycles. The summed E-state index contributed by atoms with van der Waals surface area (Å²) in [7, 11) is 2.11. The van der Waals surface area contributed by atoms with E-state index >= 15 is 0 Å². The largest absolute Gasteiger partial charge is 0.478 e. The third-order valence-electron chi connectivity index (χ3n) is 4.11. The highest BCUT2D eigenvalue weighted by Crippen LogP contribution is 2.31. The van der Waals surface area contributed by atoms with E-state index in [-0.39, 0.29) is 11.0 Å². The Morgan fingerprint density at radius 1 is 1.45 bits per heavy atom. The Kier molecular flexibility index (Phi) is 4.28. The van der Waals surface area contributed by atoms with Gasteiger partial charge in [0.15, 0.2) is 0 Å². The Bertz CT molecular complexity index is 497. The van der Waals surface area contributed by atoms with Crippen LogP contribution in [0.3, 0.4) is 0 Å². The quantitative estimate of drug-likeness (QED) is 0.890. The number of benzene rings is 1. The van der Waals surface area contributed by atoms with Crippen LogP contribution in [0.25, 0.3) is 0 Å². The highest BCUT2D eigenvalue weighted by molar-refractivity contribution is 5.94. The van der Waals surface area contributed by atoms with E-state index in [0.29, 0.717) is 12.2 Å². The third kappa shape index (κ3) is 3.48. The predicted octanol–water partition coefficient (Wildman–Crippen LogP) is 2.67. The molecule has 0 amide bonds. The normalized spacial score (nSPS) is 18.8. The lowest BCUT2D eigenvalue weighted by Gasteiger charge is -2.38. The number of anilines is 1. The molecule has 4 nitrogen and oxygen atoms in total. The van der Waals surface area contributed by atoms with Crippen LogP contribution >= 0.6 is 0 Å². The number of carbonyl (C=O) groups is 1. The number of likely N-dealkylation sites (tertiary alicyclic amines) is 1. The van der Waals surface area contributed by atoms with Crippen molar-refractivity contribution in [3.63, 3.8) is 0 Å². The number of halogens is 1. The number of nitrogens with one attached hydrogen (secondary N) is 1. The number of piperidine rings is 1. The minimum atomic E-state index is -1.11. The summed E-state index contributed by atoms with van der Waals surface area (Å²) in [5.41, 5.74) is 0.622. The molecule has 0 saturated carbocycles. The lowest BCUT2D eigenvalue weighted by atomic mass is 9.80. The van der Waals surface area contributed by atoms with Gasteiger partial charge in [-0.1, -0.05) is 6.92 Å². The van der Waals surface area contributed by atoms with Crippen LogP contribution in [-0.4, -0.2) is 42.7 Å². The summed E-state index contributed by atoms with van der Waals surface area (Å²) in [6.45, 7) is 5.00. The molecular weight excluding hydrogens is 259 g/mol. The molecule has 110 valence electrons. The molecule has 1 heterocycles. The smallest absolute Gasteiger partial charge is 0.337 e. The maximum absolute atomic E-state index is 13.1. The molecule has 1 saturated heterocycles. The molecule has 1 fully saturated rings. The number of rotatable bonds is 4. The first kappa shape index (κ1) is 14.8. The Labute approximate surface area is 118 Å². The van der Waals surface area contributed by atoms with Crippen LogP contribution in [0.4, 0.5) is 10.1 Å². The average Bonchev–Trinajstić information content (AvgIpc) is 2.41. The van der Waals surface area contributed by atoms with Crippen molar-refractivity contribution in [1.82, 2.24) is 4.90 Å². The monoisotopic (exact) mass is 280 g/mol. The first-order chi connectivity index (χ1) is 9.39. The van der Waals surface area contributed by atoms with Crippen LogP contribution in [0.1, 0.15) is 30.1 Å². The first-order valence-electron chi connectivity index (χ1n) is 6.85. The van der Waals surface area contributed by atoms with Crippen molar-refractivity contribution in [2.45, 2.75) is 19.8 Å². The van der Waals surface area contributed by atoms with Gasteiger partial charge in [0, 0.05) is 12.2 Å². The summed E-state index contributed by atoms with van der Waals surface area (Å²) in [6.07, 6.45) is 2.14. The number of carboxylic acids is 1. The zero-order chi connectivity index (χ0) is 14.8. The van der Waals surface area contributed by atoms with Gasteiger partial charge in [-0.3, -0.25) is 0 Å². The molecule has 0 atom stereocenters. The van der Waals surface area contributed by atoms with Gasteiger partial charge in [-0.2, -0.15) is 0 Å². The minimum Gasteiger partial charge on any atom is -0.478 e. The van der Waals surface area contributed by atoms with E-state index in [1.807, 2.05) is 0 Å². The third-order valence-corrected chi connectivity index (χ3v) is 4.11. The van der Waals surface area contributed by atoms with E-state index < -0.39 is 11.8 Å². The van der Waals surface area contributed by atoms with Gasteiger partial charge < -0.3 is 15.3 Å². The van der Waals surface area contributed by atoms with Crippen molar-refractivity contribution in [1.29, 1.82) is 0 Å². The summed E-state index contributed by atoms with van der Waals surface area (Å²) < 4.78 is 13.1. The van der Waals surface area contributed by atoms with Gasteiger partial charge >= 0.3 is 5.97 Å². The van der Waals surface area contributed by atoms with E-state index in [2.05, 4.69) is 24.2 Å². The van der Waals surface area contributed by atoms with Crippen LogP contribution in [0.2, 0.25) is 0 Å². The molecule has 0 aliphatic carbocycles. The van der Waals surface area contributed by atoms with E-state index in [1.54, 1.807) is 0 Å². The topological polar surface area (TPSA) is 52.6 Å². The number of nitrogens with zero attached hydrogens (tertiary/aromatic N) is 1. The van der Waals surface area contributed by atoms with Crippen molar-refractivity contribution in [3.05, 3.63) is 29.6 Å². The Hall–Kier alpha value is -1.62. The van der Waals surface area contributed by atoms with Gasteiger partial charge in [0.25, 0.3) is 0 Å². The van der Waals surface area contributed by atoms with Crippen LogP contribution in [-0.2, 0) is 0 Å². The Morgan fingerprint density at radius 3 is 2.70 bits per heavy atom. The highest BCUT2D eigenvalue weighted by Gasteiger charge is 2.28. The summed E-state index contributed by atoms with van der Waals surface area (Å²) in [5.74, 6) is -1.64. The molecule has 1 aromatic rings. The molecule has 2 rings (SSSR count). The van der Waals surface area contributed by atoms with Crippen LogP contribution < -0.4 is 5.32 Å². The SMILES string of the molecule is CN1CCC(C)(CNc2ccc(F)cc2C(=O)O)CC1. The van der Waals surface area contributed by atoms with Gasteiger partial charge in [-0.05, 0) is 56.6 Å². The fourth-order valence-electron chi connectivity index (χ4n) is 2.49. The molecule has 0 bridgehead atoms. The molecule has 5 heteroatoms. The molecule has 1 aliphatic rings. The lowest BCUT2D eigenvalue weighted by molar-refractivity contribution is 0.0697. The molecular formula is C15H21FN2O2. The van der Waals surface area contributed by atoms with E-state index in [0.717, 1.165) is 32.0 Å². The van der Waals surface area contributed by atoms with E-state index in [1.165, 1.54) is 12.1 Å². The molecule has 0 unspecified atom stereocenters. The molecule has 20 heavy (non-hydrogen) atoms. The summed E-state index contributed by atoms with van der Waals surface area (Å²) in [6, 6.07) is 3.84. The zero-order valence-corrected chi connectivity index (χ0v) is 11.9. The Balaban J connectivity index is 2.05. The van der Waals surface area contributed by atoms with Crippen molar-refractivity contribution in [2.75, 3.05) is 32.0 Å². The maximum atomic E-state index is 13.1. The number of hydrogen-bond acceptors (Lipinski definition) is 3. The number of aromatic carboxylic acids is 1. The molecule has 0 aromatic heterocycles. The molecule has 2 N–H and O–H groups in total. The summed E-state index contributed by atoms with van der Waals surface area (Å²) in [4.78, 5) is 13.4. The molecule has 1 aromatic carbocycles. The second-order valence-corrected chi connectivity index (χ2v) is 5.96. The average molecular weight is 280 g/mol. The van der Waals surface area contributed by atoms with E-state index in [4.69, 9.17) is 5.11 Å². The van der Waals surface area contributed by atoms with Crippen molar-refractivity contribution < 1.29 is 14.3 Å².